The van der Waals surface area contributed by atoms with E-state index >= 15 is 0 Å². The highest BCUT2D eigenvalue weighted by molar-refractivity contribution is 5.85. The Morgan fingerprint density at radius 1 is 1.26 bits per heavy atom. The van der Waals surface area contributed by atoms with Crippen LogP contribution in [0.2, 0.25) is 0 Å². The summed E-state index contributed by atoms with van der Waals surface area (Å²) in [5.41, 5.74) is -0.930. The number of cyclic esters (lactones) is 1. The minimum Gasteiger partial charge on any atom is -0.462 e. The lowest BCUT2D eigenvalue weighted by atomic mass is 9.34. The third kappa shape index (κ3) is 3.96. The van der Waals surface area contributed by atoms with Crippen molar-refractivity contribution in [2.24, 2.45) is 34.0 Å². The zero-order valence-electron chi connectivity index (χ0n) is 22.0. The van der Waals surface area contributed by atoms with Crippen LogP contribution in [-0.2, 0) is 19.1 Å². The molecule has 5 nitrogen and oxygen atoms in total. The maximum absolute atomic E-state index is 13.0. The second-order valence-corrected chi connectivity index (χ2v) is 12.8. The number of aliphatic hydroxyl groups is 1. The standard InChI is InChI=1S/C29H44O5/c1-19(2)8-9-22-11-14-27(6)17-23(34-20(3)30)25-26(4,5)12-7-13-28(22,25)29(27,32)15-10-21-16-24(31)33-18-21/h11,14,16,19,22-23,25,32H,7-10,12-13,15,17-18H2,1-6H3. The van der Waals surface area contributed by atoms with Gasteiger partial charge in [0, 0.05) is 29.7 Å². The number of ether oxygens (including phenoxy) is 2. The number of carbonyl (C=O) groups excluding carboxylic acids is 2. The van der Waals surface area contributed by atoms with Crippen LogP contribution in [0.4, 0.5) is 0 Å². The van der Waals surface area contributed by atoms with E-state index in [0.717, 1.165) is 37.7 Å². The highest BCUT2D eigenvalue weighted by atomic mass is 16.5. The second-order valence-electron chi connectivity index (χ2n) is 12.8. The first kappa shape index (κ1) is 25.5. The van der Waals surface area contributed by atoms with Crippen molar-refractivity contribution < 1.29 is 24.2 Å². The Bertz CT molecular complexity index is 885. The number of carbonyl (C=O) groups is 2. The minimum atomic E-state index is -0.956. The zero-order valence-corrected chi connectivity index (χ0v) is 22.0. The predicted molar refractivity (Wildman–Crippen MR) is 132 cm³/mol. The lowest BCUT2D eigenvalue weighted by Crippen LogP contribution is -2.74. The van der Waals surface area contributed by atoms with Gasteiger partial charge in [0.15, 0.2) is 0 Å². The Morgan fingerprint density at radius 2 is 2.00 bits per heavy atom. The van der Waals surface area contributed by atoms with E-state index in [2.05, 4.69) is 46.8 Å². The van der Waals surface area contributed by atoms with E-state index in [9.17, 15) is 14.7 Å². The van der Waals surface area contributed by atoms with Crippen molar-refractivity contribution >= 4 is 11.9 Å². The number of allylic oxidation sites excluding steroid dienone is 1. The fourth-order valence-electron chi connectivity index (χ4n) is 8.42. The molecule has 1 spiro atoms. The van der Waals surface area contributed by atoms with E-state index in [0.29, 0.717) is 31.8 Å². The van der Waals surface area contributed by atoms with Crippen molar-refractivity contribution in [2.45, 2.75) is 105 Å². The van der Waals surface area contributed by atoms with E-state index in [-0.39, 0.29) is 40.7 Å². The molecule has 0 aromatic carbocycles. The fraction of sp³-hybridized carbons (Fsp3) is 0.793. The molecule has 3 aliphatic carbocycles. The van der Waals surface area contributed by atoms with Crippen molar-refractivity contribution in [3.05, 3.63) is 23.8 Å². The van der Waals surface area contributed by atoms with E-state index in [1.807, 2.05) is 0 Å². The van der Waals surface area contributed by atoms with Crippen LogP contribution >= 0.6 is 0 Å². The first-order valence-electron chi connectivity index (χ1n) is 13.3. The zero-order chi connectivity index (χ0) is 24.9. The third-order valence-corrected chi connectivity index (χ3v) is 9.78. The lowest BCUT2D eigenvalue weighted by molar-refractivity contribution is -0.294. The highest BCUT2D eigenvalue weighted by Crippen LogP contribution is 2.73. The van der Waals surface area contributed by atoms with Crippen molar-refractivity contribution in [1.82, 2.24) is 0 Å². The van der Waals surface area contributed by atoms with Crippen LogP contribution in [-0.4, -0.2) is 35.4 Å². The van der Waals surface area contributed by atoms with Gasteiger partial charge < -0.3 is 14.6 Å². The summed E-state index contributed by atoms with van der Waals surface area (Å²) in [5, 5.41) is 13.0. The van der Waals surface area contributed by atoms with Crippen molar-refractivity contribution in [3.63, 3.8) is 0 Å². The van der Waals surface area contributed by atoms with Gasteiger partial charge in [-0.15, -0.1) is 0 Å². The first-order chi connectivity index (χ1) is 15.8. The molecule has 34 heavy (non-hydrogen) atoms. The van der Waals surface area contributed by atoms with Crippen molar-refractivity contribution in [1.29, 1.82) is 0 Å². The molecule has 1 N–H and O–H groups in total. The maximum Gasteiger partial charge on any atom is 0.331 e. The maximum atomic E-state index is 13.0. The van der Waals surface area contributed by atoms with Crippen molar-refractivity contribution in [3.8, 4) is 0 Å². The van der Waals surface area contributed by atoms with Crippen LogP contribution in [0.5, 0.6) is 0 Å². The van der Waals surface area contributed by atoms with Gasteiger partial charge in [-0.2, -0.15) is 0 Å². The summed E-state index contributed by atoms with van der Waals surface area (Å²) in [7, 11) is 0. The van der Waals surface area contributed by atoms with Gasteiger partial charge in [-0.1, -0.05) is 59.6 Å². The number of esters is 2. The van der Waals surface area contributed by atoms with E-state index in [4.69, 9.17) is 9.47 Å². The largest absolute Gasteiger partial charge is 0.462 e. The van der Waals surface area contributed by atoms with Gasteiger partial charge in [-0.3, -0.25) is 4.79 Å². The van der Waals surface area contributed by atoms with Crippen molar-refractivity contribution in [2.75, 3.05) is 6.61 Å². The molecule has 1 heterocycles. The van der Waals surface area contributed by atoms with E-state index in [1.165, 1.54) is 6.92 Å². The van der Waals surface area contributed by atoms with Gasteiger partial charge in [-0.25, -0.2) is 4.79 Å². The van der Waals surface area contributed by atoms with Crippen LogP contribution in [0, 0.1) is 34.0 Å². The van der Waals surface area contributed by atoms with Crippen LogP contribution in [0.1, 0.15) is 92.9 Å². The summed E-state index contributed by atoms with van der Waals surface area (Å²) in [6.07, 6.45) is 13.1. The number of hydrogen-bond donors (Lipinski definition) is 1. The van der Waals surface area contributed by atoms with E-state index in [1.54, 1.807) is 6.08 Å². The average Bonchev–Trinajstić information content (AvgIpc) is 3.13. The SMILES string of the molecule is CC(=O)OC1CC2(C)C=CC(CCC(C)C)C3(CCCC(C)(C)C13)C2(O)CCC1=CC(=O)OC1. The monoisotopic (exact) mass is 472 g/mol. The molecule has 190 valence electrons. The molecular formula is C29H44O5. The molecule has 2 fully saturated rings. The van der Waals surface area contributed by atoms with Gasteiger partial charge in [0.05, 0.1) is 5.60 Å². The quantitative estimate of drug-likeness (QED) is 0.377. The lowest BCUT2D eigenvalue weighted by Gasteiger charge is -2.72. The Labute approximate surface area is 205 Å². The highest BCUT2D eigenvalue weighted by Gasteiger charge is 2.73. The summed E-state index contributed by atoms with van der Waals surface area (Å²) >= 11 is 0. The Morgan fingerprint density at radius 3 is 2.62 bits per heavy atom. The Hall–Kier alpha value is -1.62. The molecule has 4 rings (SSSR count). The van der Waals surface area contributed by atoms with Crippen LogP contribution in [0.3, 0.4) is 0 Å². The number of hydrogen-bond acceptors (Lipinski definition) is 5. The van der Waals surface area contributed by atoms with Gasteiger partial charge in [0.25, 0.3) is 0 Å². The summed E-state index contributed by atoms with van der Waals surface area (Å²) in [6.45, 7) is 13.1. The normalized spacial score (nSPS) is 40.5. The first-order valence-corrected chi connectivity index (χ1v) is 13.3. The molecule has 5 heteroatoms. The summed E-state index contributed by atoms with van der Waals surface area (Å²) in [5.74, 6) is 0.375. The molecule has 4 aliphatic rings. The molecule has 0 aromatic heterocycles. The summed E-state index contributed by atoms with van der Waals surface area (Å²) < 4.78 is 11.2. The number of fused-ring (bicyclic) bond motifs is 1. The van der Waals surface area contributed by atoms with Crippen LogP contribution in [0.15, 0.2) is 23.8 Å². The Kier molecular flexibility index (Phi) is 6.59. The fourth-order valence-corrected chi connectivity index (χ4v) is 8.42. The topological polar surface area (TPSA) is 72.8 Å². The van der Waals surface area contributed by atoms with Gasteiger partial charge >= 0.3 is 11.9 Å². The molecule has 0 aromatic rings. The molecule has 6 atom stereocenters. The Balaban J connectivity index is 1.84. The molecule has 2 saturated carbocycles. The molecule has 1 aliphatic heterocycles. The molecule has 2 bridgehead atoms. The molecule has 0 amide bonds. The molecular weight excluding hydrogens is 428 g/mol. The van der Waals surface area contributed by atoms with Gasteiger partial charge in [0.2, 0.25) is 0 Å². The van der Waals surface area contributed by atoms with Gasteiger partial charge in [-0.05, 0) is 61.3 Å². The van der Waals surface area contributed by atoms with E-state index < -0.39 is 11.0 Å². The molecule has 6 unspecified atom stereocenters. The van der Waals surface area contributed by atoms with Crippen LogP contribution in [0.25, 0.3) is 0 Å². The minimum absolute atomic E-state index is 0.0549. The molecule has 0 saturated heterocycles. The second kappa shape index (κ2) is 8.80. The number of rotatable bonds is 7. The summed E-state index contributed by atoms with van der Waals surface area (Å²) in [6, 6.07) is 0. The van der Waals surface area contributed by atoms with Crippen LogP contribution < -0.4 is 0 Å². The average molecular weight is 473 g/mol. The van der Waals surface area contributed by atoms with Gasteiger partial charge in [0.1, 0.15) is 12.7 Å². The summed E-state index contributed by atoms with van der Waals surface area (Å²) in [4.78, 5) is 23.9. The predicted octanol–water partition coefficient (Wildman–Crippen LogP) is 5.76. The smallest absolute Gasteiger partial charge is 0.331 e. The molecule has 0 radical (unpaired) electrons. The third-order valence-electron chi connectivity index (χ3n) is 9.78.